The Labute approximate surface area is 79.0 Å². The van der Waals surface area contributed by atoms with Crippen molar-refractivity contribution in [2.24, 2.45) is 5.92 Å². The molecule has 3 heteroatoms. The Morgan fingerprint density at radius 1 is 1.38 bits per heavy atom. The largest absolute Gasteiger partial charge is 0.496 e. The van der Waals surface area contributed by atoms with Crippen LogP contribution in [-0.4, -0.2) is 29.0 Å². The van der Waals surface area contributed by atoms with Gasteiger partial charge in [-0.2, -0.15) is 0 Å². The topological polar surface area (TPSA) is 49.7 Å². The first-order valence-corrected chi connectivity index (χ1v) is 4.83. The van der Waals surface area contributed by atoms with Gasteiger partial charge in [-0.1, -0.05) is 6.58 Å². The molecule has 0 radical (unpaired) electrons. The summed E-state index contributed by atoms with van der Waals surface area (Å²) >= 11 is 0. The van der Waals surface area contributed by atoms with Crippen molar-refractivity contribution >= 4 is 0 Å². The predicted octanol–water partition coefficient (Wildman–Crippen LogP) is 1.06. The maximum Gasteiger partial charge on any atom is 0.124 e. The second-order valence-corrected chi connectivity index (χ2v) is 3.59. The average Bonchev–Trinajstić information content (AvgIpc) is 2.16. The molecule has 1 rings (SSSR count). The smallest absolute Gasteiger partial charge is 0.124 e. The van der Waals surface area contributed by atoms with Crippen LogP contribution in [0.25, 0.3) is 0 Å². The van der Waals surface area contributed by atoms with Crippen LogP contribution in [0.4, 0.5) is 0 Å². The lowest BCUT2D eigenvalue weighted by Crippen LogP contribution is -2.31. The van der Waals surface area contributed by atoms with E-state index in [1.807, 2.05) is 0 Å². The highest BCUT2D eigenvalue weighted by atomic mass is 16.5. The molecule has 0 aromatic rings. The number of ether oxygens (including phenoxy) is 1. The summed E-state index contributed by atoms with van der Waals surface area (Å²) in [6.07, 6.45) is 4.60. The summed E-state index contributed by atoms with van der Waals surface area (Å²) in [6.45, 7) is 3.51. The van der Waals surface area contributed by atoms with Gasteiger partial charge in [-0.25, -0.2) is 0 Å². The fourth-order valence-corrected chi connectivity index (χ4v) is 1.90. The zero-order valence-electron chi connectivity index (χ0n) is 7.85. The van der Waals surface area contributed by atoms with Crippen LogP contribution >= 0.6 is 0 Å². The lowest BCUT2D eigenvalue weighted by Gasteiger charge is -2.30. The Morgan fingerprint density at radius 3 is 2.46 bits per heavy atom. The van der Waals surface area contributed by atoms with E-state index in [1.165, 1.54) is 6.26 Å². The van der Waals surface area contributed by atoms with E-state index in [-0.39, 0.29) is 18.8 Å². The van der Waals surface area contributed by atoms with E-state index in [2.05, 4.69) is 6.58 Å². The van der Waals surface area contributed by atoms with Crippen molar-refractivity contribution in [3.05, 3.63) is 12.8 Å². The van der Waals surface area contributed by atoms with Crippen LogP contribution in [0.1, 0.15) is 25.7 Å². The number of aliphatic hydroxyl groups excluding tert-OH is 2. The molecule has 0 spiro atoms. The molecule has 1 atom stereocenters. The van der Waals surface area contributed by atoms with E-state index < -0.39 is 0 Å². The van der Waals surface area contributed by atoms with Crippen molar-refractivity contribution < 1.29 is 14.9 Å². The van der Waals surface area contributed by atoms with Gasteiger partial charge in [0.1, 0.15) is 6.10 Å². The first kappa shape index (κ1) is 10.5. The fraction of sp³-hybridized carbons (Fsp3) is 0.800. The van der Waals surface area contributed by atoms with Gasteiger partial charge < -0.3 is 14.9 Å². The fourth-order valence-electron chi connectivity index (χ4n) is 1.90. The third-order valence-electron chi connectivity index (χ3n) is 2.72. The molecule has 0 aromatic heterocycles. The van der Waals surface area contributed by atoms with E-state index in [9.17, 15) is 5.11 Å². The Balaban J connectivity index is 2.36. The van der Waals surface area contributed by atoms with Crippen LogP contribution in [0.5, 0.6) is 0 Å². The predicted molar refractivity (Wildman–Crippen MR) is 50.1 cm³/mol. The lowest BCUT2D eigenvalue weighted by molar-refractivity contribution is 0.000647. The van der Waals surface area contributed by atoms with E-state index in [0.717, 1.165) is 25.7 Å². The van der Waals surface area contributed by atoms with Gasteiger partial charge in [0.25, 0.3) is 0 Å². The minimum absolute atomic E-state index is 0.0345. The maximum absolute atomic E-state index is 9.29. The first-order chi connectivity index (χ1) is 6.27. The standard InChI is InChI=1S/C10H18O3/c1-2-13-10(7-11)8-3-5-9(12)6-4-8/h2,8-12H,1,3-7H2. The molecule has 2 N–H and O–H groups in total. The Bertz CT molecular complexity index is 150. The lowest BCUT2D eigenvalue weighted by atomic mass is 9.84. The monoisotopic (exact) mass is 186 g/mol. The molecule has 1 fully saturated rings. The molecule has 0 saturated heterocycles. The van der Waals surface area contributed by atoms with E-state index in [1.54, 1.807) is 0 Å². The molecule has 1 aliphatic rings. The summed E-state index contributed by atoms with van der Waals surface area (Å²) < 4.78 is 5.20. The van der Waals surface area contributed by atoms with Gasteiger partial charge in [0, 0.05) is 0 Å². The summed E-state index contributed by atoms with van der Waals surface area (Å²) in [4.78, 5) is 0. The van der Waals surface area contributed by atoms with E-state index in [0.29, 0.717) is 5.92 Å². The molecule has 0 heterocycles. The molecular formula is C10H18O3. The second kappa shape index (κ2) is 5.25. The Hall–Kier alpha value is -0.540. The van der Waals surface area contributed by atoms with Crippen molar-refractivity contribution in [2.45, 2.75) is 37.9 Å². The van der Waals surface area contributed by atoms with Crippen molar-refractivity contribution in [2.75, 3.05) is 6.61 Å². The number of aliphatic hydroxyl groups is 2. The molecule has 3 nitrogen and oxygen atoms in total. The molecule has 0 bridgehead atoms. The molecule has 13 heavy (non-hydrogen) atoms. The highest BCUT2D eigenvalue weighted by molar-refractivity contribution is 4.78. The Morgan fingerprint density at radius 2 is 2.00 bits per heavy atom. The van der Waals surface area contributed by atoms with Crippen molar-refractivity contribution in [3.63, 3.8) is 0 Å². The van der Waals surface area contributed by atoms with Crippen molar-refractivity contribution in [1.82, 2.24) is 0 Å². The van der Waals surface area contributed by atoms with Gasteiger partial charge in [0.05, 0.1) is 19.0 Å². The zero-order chi connectivity index (χ0) is 9.68. The highest BCUT2D eigenvalue weighted by Crippen LogP contribution is 2.28. The zero-order valence-corrected chi connectivity index (χ0v) is 7.85. The highest BCUT2D eigenvalue weighted by Gasteiger charge is 2.26. The van der Waals surface area contributed by atoms with Crippen LogP contribution in [0.15, 0.2) is 12.8 Å². The summed E-state index contributed by atoms with van der Waals surface area (Å²) in [5.41, 5.74) is 0. The van der Waals surface area contributed by atoms with Crippen LogP contribution in [-0.2, 0) is 4.74 Å². The van der Waals surface area contributed by atoms with Gasteiger partial charge >= 0.3 is 0 Å². The van der Waals surface area contributed by atoms with Crippen LogP contribution < -0.4 is 0 Å². The van der Waals surface area contributed by atoms with Crippen LogP contribution in [0, 0.1) is 5.92 Å². The molecule has 0 amide bonds. The van der Waals surface area contributed by atoms with E-state index >= 15 is 0 Å². The molecule has 1 unspecified atom stereocenters. The third kappa shape index (κ3) is 3.01. The molecular weight excluding hydrogens is 168 g/mol. The maximum atomic E-state index is 9.29. The van der Waals surface area contributed by atoms with Gasteiger partial charge in [-0.3, -0.25) is 0 Å². The summed E-state index contributed by atoms with van der Waals surface area (Å²) in [5, 5.41) is 18.3. The minimum Gasteiger partial charge on any atom is -0.496 e. The third-order valence-corrected chi connectivity index (χ3v) is 2.72. The Kier molecular flexibility index (Phi) is 4.25. The second-order valence-electron chi connectivity index (χ2n) is 3.59. The van der Waals surface area contributed by atoms with Crippen LogP contribution in [0.3, 0.4) is 0 Å². The van der Waals surface area contributed by atoms with Crippen molar-refractivity contribution in [1.29, 1.82) is 0 Å². The molecule has 0 aromatic carbocycles. The SMILES string of the molecule is C=COC(CO)C1CCC(O)CC1. The van der Waals surface area contributed by atoms with Gasteiger partial charge in [0.15, 0.2) is 0 Å². The quantitative estimate of drug-likeness (QED) is 0.645. The average molecular weight is 186 g/mol. The minimum atomic E-state index is -0.153. The number of hydrogen-bond donors (Lipinski definition) is 2. The summed E-state index contributed by atoms with van der Waals surface area (Å²) in [6, 6.07) is 0. The first-order valence-electron chi connectivity index (χ1n) is 4.83. The van der Waals surface area contributed by atoms with Gasteiger partial charge in [-0.15, -0.1) is 0 Å². The molecule has 1 aliphatic carbocycles. The van der Waals surface area contributed by atoms with E-state index in [4.69, 9.17) is 9.84 Å². The molecule has 76 valence electrons. The number of rotatable bonds is 4. The summed E-state index contributed by atoms with van der Waals surface area (Å²) in [7, 11) is 0. The van der Waals surface area contributed by atoms with Crippen molar-refractivity contribution in [3.8, 4) is 0 Å². The van der Waals surface area contributed by atoms with Gasteiger partial charge in [0.2, 0.25) is 0 Å². The van der Waals surface area contributed by atoms with Crippen LogP contribution in [0.2, 0.25) is 0 Å². The summed E-state index contributed by atoms with van der Waals surface area (Å²) in [5.74, 6) is 0.367. The van der Waals surface area contributed by atoms with Gasteiger partial charge in [-0.05, 0) is 31.6 Å². The molecule has 0 aliphatic heterocycles. The molecule has 1 saturated carbocycles. The normalized spacial score (nSPS) is 30.9. The number of hydrogen-bond acceptors (Lipinski definition) is 3.